The molecular formula is C29H30FN3O4. The van der Waals surface area contributed by atoms with E-state index >= 15 is 0 Å². The van der Waals surface area contributed by atoms with Gasteiger partial charge in [-0.1, -0.05) is 43.3 Å². The first kappa shape index (κ1) is 24.9. The van der Waals surface area contributed by atoms with Crippen molar-refractivity contribution in [2.24, 2.45) is 0 Å². The van der Waals surface area contributed by atoms with Crippen molar-refractivity contribution in [2.45, 2.75) is 45.1 Å². The number of benzene rings is 2. The number of ether oxygens (including phenoxy) is 1. The zero-order valence-electron chi connectivity index (χ0n) is 20.8. The highest BCUT2D eigenvalue weighted by Gasteiger charge is 2.27. The minimum Gasteiger partial charge on any atom is -0.481 e. The minimum absolute atomic E-state index is 0.112. The molecule has 192 valence electrons. The van der Waals surface area contributed by atoms with Crippen molar-refractivity contribution >= 4 is 17.1 Å². The molecule has 1 saturated heterocycles. The van der Waals surface area contributed by atoms with Gasteiger partial charge in [-0.2, -0.15) is 0 Å². The summed E-state index contributed by atoms with van der Waals surface area (Å²) in [7, 11) is 0. The van der Waals surface area contributed by atoms with Crippen LogP contribution in [0.1, 0.15) is 38.2 Å². The third kappa shape index (κ3) is 5.49. The number of furan rings is 1. The average molecular weight is 504 g/mol. The Hall–Kier alpha value is -3.78. The van der Waals surface area contributed by atoms with Gasteiger partial charge in [0.1, 0.15) is 29.4 Å². The molecule has 7 nitrogen and oxygen atoms in total. The Balaban J connectivity index is 1.53. The van der Waals surface area contributed by atoms with Crippen molar-refractivity contribution in [3.05, 3.63) is 66.2 Å². The van der Waals surface area contributed by atoms with Crippen LogP contribution in [0.5, 0.6) is 5.88 Å². The third-order valence-corrected chi connectivity index (χ3v) is 6.83. The van der Waals surface area contributed by atoms with Gasteiger partial charge in [-0.05, 0) is 62.0 Å². The Bertz CT molecular complexity index is 1390. The van der Waals surface area contributed by atoms with Crippen LogP contribution in [0, 0.1) is 5.82 Å². The number of hydrogen-bond acceptors (Lipinski definition) is 6. The molecular weight excluding hydrogens is 473 g/mol. The van der Waals surface area contributed by atoms with Gasteiger partial charge < -0.3 is 14.3 Å². The third-order valence-electron chi connectivity index (χ3n) is 6.83. The molecule has 0 unspecified atom stereocenters. The second kappa shape index (κ2) is 11.1. The van der Waals surface area contributed by atoms with Gasteiger partial charge in [-0.25, -0.2) is 14.4 Å². The highest BCUT2D eigenvalue weighted by atomic mass is 19.1. The Morgan fingerprint density at radius 2 is 2.00 bits per heavy atom. The van der Waals surface area contributed by atoms with Crippen LogP contribution < -0.4 is 4.74 Å². The lowest BCUT2D eigenvalue weighted by Crippen LogP contribution is -2.41. The number of piperidine rings is 1. The van der Waals surface area contributed by atoms with E-state index in [1.165, 1.54) is 18.0 Å². The average Bonchev–Trinajstić information content (AvgIpc) is 3.29. The molecule has 1 fully saturated rings. The number of hydrogen-bond donors (Lipinski definition) is 1. The molecule has 5 rings (SSSR count). The smallest absolute Gasteiger partial charge is 0.303 e. The van der Waals surface area contributed by atoms with Crippen molar-refractivity contribution < 1.29 is 23.4 Å². The van der Waals surface area contributed by atoms with E-state index in [4.69, 9.17) is 14.3 Å². The van der Waals surface area contributed by atoms with Crippen molar-refractivity contribution in [1.29, 1.82) is 0 Å². The summed E-state index contributed by atoms with van der Waals surface area (Å²) in [6, 6.07) is 14.7. The van der Waals surface area contributed by atoms with Gasteiger partial charge in [0.05, 0.1) is 5.56 Å². The van der Waals surface area contributed by atoms with Crippen LogP contribution in [0.4, 0.5) is 4.39 Å². The van der Waals surface area contributed by atoms with Gasteiger partial charge in [0.2, 0.25) is 11.6 Å². The van der Waals surface area contributed by atoms with Crippen LogP contribution in [0.15, 0.2) is 59.3 Å². The molecule has 8 heteroatoms. The zero-order chi connectivity index (χ0) is 25.8. The Labute approximate surface area is 214 Å². The number of halogens is 1. The fraction of sp³-hybridized carbons (Fsp3) is 0.345. The Morgan fingerprint density at radius 3 is 2.76 bits per heavy atom. The molecule has 2 aromatic heterocycles. The number of fused-ring (bicyclic) bond motifs is 1. The summed E-state index contributed by atoms with van der Waals surface area (Å²) >= 11 is 0. The second-order valence-electron chi connectivity index (χ2n) is 9.38. The largest absolute Gasteiger partial charge is 0.481 e. The molecule has 0 aliphatic carbocycles. The van der Waals surface area contributed by atoms with Crippen LogP contribution in [0.3, 0.4) is 0 Å². The number of aryl methyl sites for hydroxylation is 1. The normalized spacial score (nSPS) is 16.2. The monoisotopic (exact) mass is 503 g/mol. The second-order valence-corrected chi connectivity index (χ2v) is 9.38. The van der Waals surface area contributed by atoms with Gasteiger partial charge >= 0.3 is 5.97 Å². The number of carboxylic acid groups (broad SMARTS) is 1. The van der Waals surface area contributed by atoms with Crippen molar-refractivity contribution in [2.75, 3.05) is 19.6 Å². The number of carboxylic acids is 1. The topological polar surface area (TPSA) is 88.7 Å². The van der Waals surface area contributed by atoms with E-state index in [0.717, 1.165) is 31.4 Å². The molecule has 4 aromatic rings. The zero-order valence-corrected chi connectivity index (χ0v) is 20.8. The molecule has 1 aliphatic heterocycles. The molecule has 2 aromatic carbocycles. The highest BCUT2D eigenvalue weighted by molar-refractivity contribution is 6.03. The first-order valence-corrected chi connectivity index (χ1v) is 12.8. The van der Waals surface area contributed by atoms with Crippen LogP contribution in [0.2, 0.25) is 0 Å². The van der Waals surface area contributed by atoms with Crippen molar-refractivity contribution in [1.82, 2.24) is 14.9 Å². The first-order valence-electron chi connectivity index (χ1n) is 12.8. The summed E-state index contributed by atoms with van der Waals surface area (Å²) in [5, 5.41) is 9.57. The van der Waals surface area contributed by atoms with Crippen LogP contribution in [-0.2, 0) is 11.2 Å². The lowest BCUT2D eigenvalue weighted by molar-refractivity contribution is -0.137. The molecule has 3 heterocycles. The van der Waals surface area contributed by atoms with E-state index in [1.807, 2.05) is 12.1 Å². The molecule has 1 N–H and O–H groups in total. The molecule has 0 saturated carbocycles. The number of carbonyl (C=O) groups is 1. The maximum Gasteiger partial charge on any atom is 0.303 e. The minimum atomic E-state index is -0.779. The fourth-order valence-electron chi connectivity index (χ4n) is 4.94. The molecule has 0 bridgehead atoms. The van der Waals surface area contributed by atoms with E-state index in [-0.39, 0.29) is 18.3 Å². The van der Waals surface area contributed by atoms with Crippen LogP contribution >= 0.6 is 0 Å². The van der Waals surface area contributed by atoms with E-state index in [0.29, 0.717) is 53.4 Å². The Kier molecular flexibility index (Phi) is 7.46. The SMILES string of the molecule is CCc1ccc(-c2c(-c3ccccc3F)oc3ncnc(O[C@@H]4CCCN(CCCC(=O)O)C4)c23)cc1. The summed E-state index contributed by atoms with van der Waals surface area (Å²) in [6.07, 6.45) is 4.77. The van der Waals surface area contributed by atoms with Gasteiger partial charge in [0.25, 0.3) is 0 Å². The molecule has 37 heavy (non-hydrogen) atoms. The van der Waals surface area contributed by atoms with Gasteiger partial charge in [-0.15, -0.1) is 0 Å². The van der Waals surface area contributed by atoms with Gasteiger partial charge in [0.15, 0.2) is 0 Å². The molecule has 1 atom stereocenters. The van der Waals surface area contributed by atoms with E-state index in [2.05, 4.69) is 33.9 Å². The summed E-state index contributed by atoms with van der Waals surface area (Å²) in [5.41, 5.74) is 3.46. The van der Waals surface area contributed by atoms with E-state index < -0.39 is 5.97 Å². The number of nitrogens with zero attached hydrogens (tertiary/aromatic N) is 3. The first-order chi connectivity index (χ1) is 18.0. The number of likely N-dealkylation sites (tertiary alicyclic amines) is 1. The maximum absolute atomic E-state index is 14.9. The van der Waals surface area contributed by atoms with Crippen LogP contribution in [-0.4, -0.2) is 51.7 Å². The standard InChI is InChI=1S/C29H30FN3O4/c1-2-19-11-13-20(14-12-19)25-26-28(36-21-7-5-15-33(17-21)16-6-10-24(34)35)31-18-32-29(26)37-27(25)22-8-3-4-9-23(22)30/h3-4,8-9,11-14,18,21H,2,5-7,10,15-17H2,1H3,(H,34,35)/t21-/m1/s1. The van der Waals surface area contributed by atoms with Crippen molar-refractivity contribution in [3.8, 4) is 28.3 Å². The summed E-state index contributed by atoms with van der Waals surface area (Å²) in [6.45, 7) is 4.41. The quantitative estimate of drug-likeness (QED) is 0.301. The highest BCUT2D eigenvalue weighted by Crippen LogP contribution is 2.44. The lowest BCUT2D eigenvalue weighted by Gasteiger charge is -2.32. The summed E-state index contributed by atoms with van der Waals surface area (Å²) in [5.74, 6) is -0.365. The predicted molar refractivity (Wildman–Crippen MR) is 139 cm³/mol. The van der Waals surface area contributed by atoms with E-state index in [9.17, 15) is 9.18 Å². The van der Waals surface area contributed by atoms with Gasteiger partial charge in [0, 0.05) is 18.5 Å². The lowest BCUT2D eigenvalue weighted by atomic mass is 9.98. The summed E-state index contributed by atoms with van der Waals surface area (Å²) < 4.78 is 27.5. The molecule has 0 amide bonds. The maximum atomic E-state index is 14.9. The Morgan fingerprint density at radius 1 is 1.19 bits per heavy atom. The number of rotatable bonds is 9. The number of aromatic nitrogens is 2. The molecule has 0 radical (unpaired) electrons. The molecule has 0 spiro atoms. The van der Waals surface area contributed by atoms with E-state index in [1.54, 1.807) is 18.2 Å². The predicted octanol–water partition coefficient (Wildman–Crippen LogP) is 5.97. The number of aliphatic carboxylic acids is 1. The summed E-state index contributed by atoms with van der Waals surface area (Å²) in [4.78, 5) is 22.0. The van der Waals surface area contributed by atoms with Crippen LogP contribution in [0.25, 0.3) is 33.6 Å². The van der Waals surface area contributed by atoms with Gasteiger partial charge in [-0.3, -0.25) is 9.69 Å². The van der Waals surface area contributed by atoms with Crippen molar-refractivity contribution in [3.63, 3.8) is 0 Å². The fourth-order valence-corrected chi connectivity index (χ4v) is 4.94. The molecule has 1 aliphatic rings.